The van der Waals surface area contributed by atoms with Crippen LogP contribution >= 0.6 is 0 Å². The summed E-state index contributed by atoms with van der Waals surface area (Å²) in [6.07, 6.45) is 0.434. The van der Waals surface area contributed by atoms with Crippen molar-refractivity contribution in [2.24, 2.45) is 21.7 Å². The van der Waals surface area contributed by atoms with Crippen molar-refractivity contribution in [1.82, 2.24) is 9.80 Å². The molecule has 400 valence electrons. The maximum absolute atomic E-state index is 14.2. The Bertz CT molecular complexity index is 2710. The highest BCUT2D eigenvalue weighted by atomic mass is 16.6. The zero-order valence-corrected chi connectivity index (χ0v) is 46.9. The Morgan fingerprint density at radius 1 is 0.486 bits per heavy atom. The third-order valence-electron chi connectivity index (χ3n) is 17.9. The molecule has 2 heterocycles. The zero-order chi connectivity index (χ0) is 55.0. The lowest BCUT2D eigenvalue weighted by Gasteiger charge is -2.36. The van der Waals surface area contributed by atoms with Gasteiger partial charge in [-0.2, -0.15) is 0 Å². The number of carbonyl (C=O) groups is 6. The SMILES string of the molecule is COc1cccc2ccc([C@H](C)OC(=O)[C@@]34CC[C@@](C)(C(=O)O3)C4(C)C)c(C(=O)N(C(C)C)C(C)C)c12.COc1cccc2ccc([C@H](C)OC(=O)[C@@]34CC[C@@](C)(C(=O)O3)C4(C)C)c(C(=O)N(C(C)C)C(C)C)c12. The van der Waals surface area contributed by atoms with Crippen LogP contribution in [-0.4, -0.2) is 95.1 Å². The van der Waals surface area contributed by atoms with Crippen LogP contribution in [0.5, 0.6) is 11.5 Å². The molecule has 4 bridgehead atoms. The summed E-state index contributed by atoms with van der Waals surface area (Å²) in [5.41, 5.74) is -3.51. The number of rotatable bonds is 14. The largest absolute Gasteiger partial charge is 0.496 e. The molecule has 2 saturated carbocycles. The first-order valence-corrected chi connectivity index (χ1v) is 26.2. The molecule has 2 saturated heterocycles. The first kappa shape index (κ1) is 55.6. The highest BCUT2D eigenvalue weighted by Crippen LogP contribution is 2.67. The number of hydrogen-bond donors (Lipinski definition) is 0. The van der Waals surface area contributed by atoms with Gasteiger partial charge in [-0.25, -0.2) is 9.59 Å². The Morgan fingerprint density at radius 3 is 1.07 bits per heavy atom. The number of hydrogen-bond acceptors (Lipinski definition) is 12. The number of methoxy groups -OCH3 is 2. The third-order valence-corrected chi connectivity index (χ3v) is 17.9. The number of ether oxygens (including phenoxy) is 6. The van der Waals surface area contributed by atoms with Crippen LogP contribution in [0.3, 0.4) is 0 Å². The second kappa shape index (κ2) is 19.5. The molecular weight excluding hydrogens is 941 g/mol. The van der Waals surface area contributed by atoms with Crippen LogP contribution in [0.2, 0.25) is 0 Å². The van der Waals surface area contributed by atoms with Crippen molar-refractivity contribution in [3.8, 4) is 11.5 Å². The normalized spacial score (nSPS) is 24.9. The van der Waals surface area contributed by atoms with E-state index in [0.29, 0.717) is 70.2 Å². The number of benzene rings is 4. The summed E-state index contributed by atoms with van der Waals surface area (Å²) in [4.78, 5) is 84.8. The van der Waals surface area contributed by atoms with Gasteiger partial charge in [0.05, 0.1) is 36.2 Å². The Labute approximate surface area is 437 Å². The first-order chi connectivity index (χ1) is 34.5. The smallest absolute Gasteiger partial charge is 0.351 e. The summed E-state index contributed by atoms with van der Waals surface area (Å²) in [5, 5.41) is 3.07. The lowest BCUT2D eigenvalue weighted by Crippen LogP contribution is -2.49. The van der Waals surface area contributed by atoms with E-state index >= 15 is 0 Å². The molecule has 0 unspecified atom stereocenters. The lowest BCUT2D eigenvalue weighted by molar-refractivity contribution is -0.187. The van der Waals surface area contributed by atoms with Gasteiger partial charge < -0.3 is 38.2 Å². The molecule has 2 aliphatic carbocycles. The molecule has 4 aliphatic rings. The topological polar surface area (TPSA) is 164 Å². The van der Waals surface area contributed by atoms with E-state index in [1.54, 1.807) is 28.1 Å². The predicted octanol–water partition coefficient (Wildman–Crippen LogP) is 11.7. The van der Waals surface area contributed by atoms with Crippen LogP contribution in [0.25, 0.3) is 21.5 Å². The molecule has 14 heteroatoms. The van der Waals surface area contributed by atoms with E-state index in [9.17, 15) is 28.8 Å². The van der Waals surface area contributed by atoms with Crippen LogP contribution < -0.4 is 9.47 Å². The average Bonchev–Trinajstić information content (AvgIpc) is 3.80. The fourth-order valence-electron chi connectivity index (χ4n) is 12.6. The van der Waals surface area contributed by atoms with E-state index in [0.717, 1.165) is 10.8 Å². The van der Waals surface area contributed by atoms with E-state index in [2.05, 4.69) is 0 Å². The van der Waals surface area contributed by atoms with Crippen LogP contribution in [0.15, 0.2) is 60.7 Å². The average molecular weight is 1020 g/mol. The van der Waals surface area contributed by atoms with Crippen LogP contribution in [0.1, 0.15) is 181 Å². The van der Waals surface area contributed by atoms with Gasteiger partial charge in [0.1, 0.15) is 23.7 Å². The van der Waals surface area contributed by atoms with Gasteiger partial charge in [-0.1, -0.05) is 76.2 Å². The molecule has 4 aromatic carbocycles. The third kappa shape index (κ3) is 8.18. The van der Waals surface area contributed by atoms with E-state index in [1.165, 1.54) is 0 Å². The molecule has 6 atom stereocenters. The second-order valence-electron chi connectivity index (χ2n) is 23.4. The number of esters is 4. The Balaban J connectivity index is 0.000000216. The fourth-order valence-corrected chi connectivity index (χ4v) is 12.6. The molecule has 8 rings (SSSR count). The molecule has 14 nitrogen and oxygen atoms in total. The van der Waals surface area contributed by atoms with Crippen LogP contribution in [-0.2, 0) is 38.1 Å². The number of amides is 2. The standard InChI is InChI=1S/2C30H39NO6/c2*1-17(2)31(18(3)4)25(32)24-21(14-13-20-11-10-12-22(35-9)23(20)24)19(5)36-27(34)30-16-15-29(8,26(33)37-30)28(30,6)7/h2*10-14,17-19H,15-16H2,1-9H3/t2*19-,29-,30+/m00/s1. The number of carbonyl (C=O) groups excluding carboxylic acids is 6. The minimum Gasteiger partial charge on any atom is -0.496 e. The van der Waals surface area contributed by atoms with Gasteiger partial charge in [-0.15, -0.1) is 0 Å². The van der Waals surface area contributed by atoms with Crippen LogP contribution in [0.4, 0.5) is 0 Å². The minimum atomic E-state index is -1.34. The molecule has 0 aromatic heterocycles. The van der Waals surface area contributed by atoms with Gasteiger partial charge in [0.15, 0.2) is 0 Å². The fraction of sp³-hybridized carbons (Fsp3) is 0.567. The van der Waals surface area contributed by atoms with Crippen molar-refractivity contribution >= 4 is 57.2 Å². The van der Waals surface area contributed by atoms with E-state index in [4.69, 9.17) is 28.4 Å². The second-order valence-corrected chi connectivity index (χ2v) is 23.4. The number of nitrogens with zero attached hydrogens (tertiary/aromatic N) is 2. The van der Waals surface area contributed by atoms with Crippen molar-refractivity contribution in [2.45, 2.75) is 184 Å². The Hall–Kier alpha value is -6.18. The summed E-state index contributed by atoms with van der Waals surface area (Å²) in [6.45, 7) is 30.7. The highest BCUT2D eigenvalue weighted by molar-refractivity contribution is 6.12. The van der Waals surface area contributed by atoms with Crippen molar-refractivity contribution in [3.05, 3.63) is 82.9 Å². The molecule has 0 spiro atoms. The maximum Gasteiger partial charge on any atom is 0.351 e. The van der Waals surface area contributed by atoms with E-state index in [1.807, 2.05) is 167 Å². The molecule has 0 N–H and O–H groups in total. The molecule has 4 fully saturated rings. The lowest BCUT2D eigenvalue weighted by atomic mass is 9.66. The molecule has 4 aromatic rings. The Morgan fingerprint density at radius 2 is 0.811 bits per heavy atom. The van der Waals surface area contributed by atoms with Gasteiger partial charge in [0.2, 0.25) is 11.2 Å². The predicted molar refractivity (Wildman–Crippen MR) is 283 cm³/mol. The zero-order valence-electron chi connectivity index (χ0n) is 46.9. The van der Waals surface area contributed by atoms with Gasteiger partial charge >= 0.3 is 23.9 Å². The number of fused-ring (bicyclic) bond motifs is 6. The highest BCUT2D eigenvalue weighted by Gasteiger charge is 2.77. The monoisotopic (exact) mass is 1020 g/mol. The van der Waals surface area contributed by atoms with E-state index in [-0.39, 0.29) is 47.9 Å². The van der Waals surface area contributed by atoms with Crippen molar-refractivity contribution in [3.63, 3.8) is 0 Å². The summed E-state index contributed by atoms with van der Waals surface area (Å²) in [7, 11) is 3.16. The molecule has 74 heavy (non-hydrogen) atoms. The van der Waals surface area contributed by atoms with E-state index < -0.39 is 57.0 Å². The molecule has 2 amide bonds. The molecule has 0 radical (unpaired) electrons. The summed E-state index contributed by atoms with van der Waals surface area (Å²) in [5.74, 6) is -1.01. The molecular formula is C60H78N2O12. The maximum atomic E-state index is 14.2. The van der Waals surface area contributed by atoms with Crippen LogP contribution in [0, 0.1) is 21.7 Å². The summed E-state index contributed by atoms with van der Waals surface area (Å²) in [6, 6.07) is 18.6. The minimum absolute atomic E-state index is 0.0445. The van der Waals surface area contributed by atoms with Gasteiger partial charge in [-0.05, 0) is 132 Å². The van der Waals surface area contributed by atoms with Gasteiger partial charge in [0, 0.05) is 56.9 Å². The van der Waals surface area contributed by atoms with Crippen molar-refractivity contribution in [1.29, 1.82) is 0 Å². The summed E-state index contributed by atoms with van der Waals surface area (Å²) >= 11 is 0. The van der Waals surface area contributed by atoms with Gasteiger partial charge in [-0.3, -0.25) is 19.2 Å². The van der Waals surface area contributed by atoms with Gasteiger partial charge in [0.25, 0.3) is 11.8 Å². The van der Waals surface area contributed by atoms with Crippen molar-refractivity contribution < 1.29 is 57.2 Å². The summed E-state index contributed by atoms with van der Waals surface area (Å²) < 4.78 is 34.9. The Kier molecular flexibility index (Phi) is 14.6. The molecule has 2 aliphatic heterocycles. The van der Waals surface area contributed by atoms with Crippen molar-refractivity contribution in [2.75, 3.05) is 14.2 Å². The first-order valence-electron chi connectivity index (χ1n) is 26.2. The quantitative estimate of drug-likeness (QED) is 0.0868.